The first-order valence-electron chi connectivity index (χ1n) is 7.79. The van der Waals surface area contributed by atoms with Crippen molar-refractivity contribution in [1.82, 2.24) is 10.2 Å². The molecule has 0 bridgehead atoms. The first-order valence-corrected chi connectivity index (χ1v) is 7.79. The highest BCUT2D eigenvalue weighted by Gasteiger charge is 2.39. The van der Waals surface area contributed by atoms with Crippen molar-refractivity contribution in [1.29, 1.82) is 0 Å². The van der Waals surface area contributed by atoms with Crippen LogP contribution in [0.3, 0.4) is 0 Å². The quantitative estimate of drug-likeness (QED) is 0.917. The van der Waals surface area contributed by atoms with Crippen LogP contribution in [0.1, 0.15) is 53.9 Å². The summed E-state index contributed by atoms with van der Waals surface area (Å²) in [7, 11) is 0. The second-order valence-corrected chi connectivity index (χ2v) is 6.39. The van der Waals surface area contributed by atoms with Gasteiger partial charge in [-0.15, -0.1) is 0 Å². The van der Waals surface area contributed by atoms with E-state index in [4.69, 9.17) is 0 Å². The lowest BCUT2D eigenvalue weighted by Crippen LogP contribution is -2.44. The molecule has 20 heavy (non-hydrogen) atoms. The van der Waals surface area contributed by atoms with Crippen molar-refractivity contribution in [2.75, 3.05) is 19.6 Å². The normalized spacial score (nSPS) is 21.3. The molecule has 1 fully saturated rings. The van der Waals surface area contributed by atoms with E-state index in [1.54, 1.807) is 0 Å². The maximum absolute atomic E-state index is 12.7. The highest BCUT2D eigenvalue weighted by molar-refractivity contribution is 6.01. The average molecular weight is 272 g/mol. The van der Waals surface area contributed by atoms with Crippen LogP contribution in [0.4, 0.5) is 0 Å². The summed E-state index contributed by atoms with van der Waals surface area (Å²) in [6.45, 7) is 9.28. The van der Waals surface area contributed by atoms with Gasteiger partial charge in [-0.25, -0.2) is 0 Å². The van der Waals surface area contributed by atoms with Crippen LogP contribution < -0.4 is 5.32 Å². The molecule has 3 rings (SSSR count). The summed E-state index contributed by atoms with van der Waals surface area (Å²) in [6.07, 6.45) is 2.03. The number of amides is 1. The Hall–Kier alpha value is -1.35. The van der Waals surface area contributed by atoms with Crippen LogP contribution in [0.25, 0.3) is 0 Å². The topological polar surface area (TPSA) is 32.3 Å². The number of hydrogen-bond donors (Lipinski definition) is 1. The van der Waals surface area contributed by atoms with E-state index in [9.17, 15) is 4.79 Å². The van der Waals surface area contributed by atoms with Gasteiger partial charge in [-0.3, -0.25) is 4.79 Å². The molecule has 0 aromatic heterocycles. The molecule has 3 heteroatoms. The molecule has 1 atom stereocenters. The van der Waals surface area contributed by atoms with E-state index in [0.29, 0.717) is 5.92 Å². The molecule has 1 aromatic rings. The minimum atomic E-state index is 0.253. The molecule has 1 aromatic carbocycles. The number of carbonyl (C=O) groups excluding carboxylic acids is 1. The lowest BCUT2D eigenvalue weighted by molar-refractivity contribution is 0.0690. The predicted octanol–water partition coefficient (Wildman–Crippen LogP) is 2.55. The molecule has 108 valence electrons. The zero-order chi connectivity index (χ0) is 14.3. The SMILES string of the molecule is CCc1cc(CC(C)C)c2c(c1)[C@@H]1CNCCN1C2=O. The summed E-state index contributed by atoms with van der Waals surface area (Å²) in [4.78, 5) is 14.8. The van der Waals surface area contributed by atoms with Gasteiger partial charge in [0, 0.05) is 25.2 Å². The van der Waals surface area contributed by atoms with Crippen LogP contribution in [-0.2, 0) is 12.8 Å². The first kappa shape index (κ1) is 13.6. The van der Waals surface area contributed by atoms with E-state index >= 15 is 0 Å². The number of piperazine rings is 1. The molecule has 2 heterocycles. The molecular weight excluding hydrogens is 248 g/mol. The number of nitrogens with one attached hydrogen (secondary N) is 1. The Morgan fingerprint density at radius 2 is 2.20 bits per heavy atom. The van der Waals surface area contributed by atoms with Crippen molar-refractivity contribution in [3.8, 4) is 0 Å². The summed E-state index contributed by atoms with van der Waals surface area (Å²) in [5, 5.41) is 3.42. The van der Waals surface area contributed by atoms with E-state index in [2.05, 4.69) is 43.1 Å². The van der Waals surface area contributed by atoms with E-state index in [-0.39, 0.29) is 11.9 Å². The molecule has 3 nitrogen and oxygen atoms in total. The van der Waals surface area contributed by atoms with Crippen molar-refractivity contribution in [3.63, 3.8) is 0 Å². The second kappa shape index (κ2) is 5.21. The van der Waals surface area contributed by atoms with Gasteiger partial charge in [0.25, 0.3) is 5.91 Å². The molecular formula is C17H24N2O. The van der Waals surface area contributed by atoms with Crippen molar-refractivity contribution in [2.24, 2.45) is 5.92 Å². The molecule has 1 amide bonds. The molecule has 0 aliphatic carbocycles. The number of benzene rings is 1. The molecule has 1 N–H and O–H groups in total. The van der Waals surface area contributed by atoms with Crippen LogP contribution in [0.2, 0.25) is 0 Å². The summed E-state index contributed by atoms with van der Waals surface area (Å²) < 4.78 is 0. The number of carbonyl (C=O) groups is 1. The third kappa shape index (κ3) is 2.14. The van der Waals surface area contributed by atoms with Crippen LogP contribution in [0, 0.1) is 5.92 Å². The van der Waals surface area contributed by atoms with Crippen LogP contribution in [0.5, 0.6) is 0 Å². The van der Waals surface area contributed by atoms with Gasteiger partial charge in [0.15, 0.2) is 0 Å². The fourth-order valence-corrected chi connectivity index (χ4v) is 3.49. The lowest BCUT2D eigenvalue weighted by Gasteiger charge is -2.30. The van der Waals surface area contributed by atoms with Gasteiger partial charge >= 0.3 is 0 Å². The first-order chi connectivity index (χ1) is 9.61. The second-order valence-electron chi connectivity index (χ2n) is 6.39. The van der Waals surface area contributed by atoms with Gasteiger partial charge in [0.1, 0.15) is 0 Å². The van der Waals surface area contributed by atoms with Crippen LogP contribution in [0.15, 0.2) is 12.1 Å². The summed E-state index contributed by atoms with van der Waals surface area (Å²) in [5.41, 5.74) is 4.88. The van der Waals surface area contributed by atoms with Crippen LogP contribution in [-0.4, -0.2) is 30.4 Å². The number of aryl methyl sites for hydroxylation is 1. The molecule has 0 unspecified atom stereocenters. The maximum atomic E-state index is 12.7. The lowest BCUT2D eigenvalue weighted by atomic mass is 9.90. The van der Waals surface area contributed by atoms with Crippen molar-refractivity contribution in [2.45, 2.75) is 39.7 Å². The van der Waals surface area contributed by atoms with Crippen molar-refractivity contribution in [3.05, 3.63) is 34.4 Å². The Kier molecular flexibility index (Phi) is 3.55. The minimum Gasteiger partial charge on any atom is -0.329 e. The largest absolute Gasteiger partial charge is 0.329 e. The zero-order valence-electron chi connectivity index (χ0n) is 12.7. The molecule has 1 saturated heterocycles. The average Bonchev–Trinajstić information content (AvgIpc) is 2.72. The standard InChI is InChI=1S/C17H24N2O/c1-4-12-8-13(7-11(2)3)16-14(9-12)15-10-18-5-6-19(15)17(16)20/h8-9,11,15,18H,4-7,10H2,1-3H3/t15-/m0/s1. The Morgan fingerprint density at radius 3 is 2.90 bits per heavy atom. The van der Waals surface area contributed by atoms with Crippen molar-refractivity contribution < 1.29 is 4.79 Å². The number of hydrogen-bond acceptors (Lipinski definition) is 2. The molecule has 2 aliphatic heterocycles. The molecule has 0 saturated carbocycles. The van der Waals surface area contributed by atoms with E-state index < -0.39 is 0 Å². The number of fused-ring (bicyclic) bond motifs is 3. The Balaban J connectivity index is 2.10. The van der Waals surface area contributed by atoms with Crippen molar-refractivity contribution >= 4 is 5.91 Å². The van der Waals surface area contributed by atoms with Gasteiger partial charge in [-0.2, -0.15) is 0 Å². The third-order valence-corrected chi connectivity index (χ3v) is 4.42. The molecule has 0 spiro atoms. The highest BCUT2D eigenvalue weighted by atomic mass is 16.2. The smallest absolute Gasteiger partial charge is 0.255 e. The third-order valence-electron chi connectivity index (χ3n) is 4.42. The monoisotopic (exact) mass is 272 g/mol. The van der Waals surface area contributed by atoms with E-state index in [0.717, 1.165) is 38.0 Å². The van der Waals surface area contributed by atoms with Gasteiger partial charge in [-0.1, -0.05) is 32.9 Å². The fraction of sp³-hybridized carbons (Fsp3) is 0.588. The number of nitrogens with zero attached hydrogens (tertiary/aromatic N) is 1. The summed E-state index contributed by atoms with van der Waals surface area (Å²) in [5.74, 6) is 0.833. The summed E-state index contributed by atoms with van der Waals surface area (Å²) in [6, 6.07) is 4.76. The van der Waals surface area contributed by atoms with E-state index in [1.165, 1.54) is 16.7 Å². The van der Waals surface area contributed by atoms with Gasteiger partial charge < -0.3 is 10.2 Å². The highest BCUT2D eigenvalue weighted by Crippen LogP contribution is 2.37. The fourth-order valence-electron chi connectivity index (χ4n) is 3.49. The predicted molar refractivity (Wildman–Crippen MR) is 81.0 cm³/mol. The van der Waals surface area contributed by atoms with Gasteiger partial charge in [0.2, 0.25) is 0 Å². The van der Waals surface area contributed by atoms with Gasteiger partial charge in [0.05, 0.1) is 6.04 Å². The Morgan fingerprint density at radius 1 is 1.40 bits per heavy atom. The van der Waals surface area contributed by atoms with Gasteiger partial charge in [-0.05, 0) is 35.4 Å². The van der Waals surface area contributed by atoms with E-state index in [1.807, 2.05) is 0 Å². The molecule has 0 radical (unpaired) electrons. The summed E-state index contributed by atoms with van der Waals surface area (Å²) >= 11 is 0. The number of rotatable bonds is 3. The zero-order valence-corrected chi connectivity index (χ0v) is 12.7. The Bertz CT molecular complexity index is 536. The molecule has 2 aliphatic rings. The van der Waals surface area contributed by atoms with Crippen LogP contribution >= 0.6 is 0 Å². The Labute approximate surface area is 121 Å². The minimum absolute atomic E-state index is 0.253. The maximum Gasteiger partial charge on any atom is 0.255 e.